The molecule has 0 N–H and O–H groups in total. The third-order valence-electron chi connectivity index (χ3n) is 9.91. The molecule has 0 spiro atoms. The van der Waals surface area contributed by atoms with Gasteiger partial charge in [0.25, 0.3) is 0 Å². The summed E-state index contributed by atoms with van der Waals surface area (Å²) in [6.45, 7) is 6.90. The number of unbranched alkanes of at least 4 members (excludes halogenated alkanes) is 10. The van der Waals surface area contributed by atoms with E-state index in [4.69, 9.17) is 9.98 Å². The summed E-state index contributed by atoms with van der Waals surface area (Å²) in [5.74, 6) is 0. The Hall–Kier alpha value is -3.60. The summed E-state index contributed by atoms with van der Waals surface area (Å²) in [5.41, 5.74) is 6.84. The van der Waals surface area contributed by atoms with Gasteiger partial charge in [0.1, 0.15) is 11.4 Å². The van der Waals surface area contributed by atoms with Gasteiger partial charge in [0.2, 0.25) is 0 Å². The van der Waals surface area contributed by atoms with Crippen LogP contribution in [0.1, 0.15) is 102 Å². The van der Waals surface area contributed by atoms with E-state index in [1.807, 2.05) is 12.4 Å². The van der Waals surface area contributed by atoms with Crippen molar-refractivity contribution in [2.24, 2.45) is 9.98 Å². The molecule has 0 atom stereocenters. The molecule has 0 aliphatic carbocycles. The maximum atomic E-state index is 4.93. The standard InChI is InChI=1S/C44H62N4/c1-7-9-11-13-15-17-33-47(3,4)39-29-25-37(26-30-39)35-45-43-23-19-22-42-41(43)21-20-24-44(42)46-36-38-27-31-40(32-28-38)48(5,6)34-18-16-14-12-10-8-2/h19-32,35-36H,7-18,33-34H2,1-6H3/q+2. The van der Waals surface area contributed by atoms with Crippen LogP contribution in [0.3, 0.4) is 0 Å². The van der Waals surface area contributed by atoms with Crippen LogP contribution in [0.4, 0.5) is 22.7 Å². The van der Waals surface area contributed by atoms with Crippen LogP contribution in [0.2, 0.25) is 0 Å². The van der Waals surface area contributed by atoms with Crippen LogP contribution in [-0.2, 0) is 0 Å². The average Bonchev–Trinajstić information content (AvgIpc) is 3.09. The minimum absolute atomic E-state index is 0.915. The molecule has 0 unspecified atom stereocenters. The zero-order chi connectivity index (χ0) is 34.2. The van der Waals surface area contributed by atoms with Crippen molar-refractivity contribution in [2.75, 3.05) is 41.3 Å². The summed E-state index contributed by atoms with van der Waals surface area (Å²) >= 11 is 0. The Morgan fingerprint density at radius 2 is 0.792 bits per heavy atom. The topological polar surface area (TPSA) is 24.7 Å². The van der Waals surface area contributed by atoms with Gasteiger partial charge in [-0.25, -0.2) is 0 Å². The van der Waals surface area contributed by atoms with E-state index >= 15 is 0 Å². The van der Waals surface area contributed by atoms with E-state index in [0.29, 0.717) is 0 Å². The normalized spacial score (nSPS) is 12.5. The van der Waals surface area contributed by atoms with Gasteiger partial charge in [-0.05, 0) is 97.5 Å². The summed E-state index contributed by atoms with van der Waals surface area (Å²) in [5, 5.41) is 2.22. The fourth-order valence-electron chi connectivity index (χ4n) is 6.55. The molecule has 0 aliphatic heterocycles. The molecule has 4 aromatic rings. The first-order chi connectivity index (χ1) is 23.2. The number of benzene rings is 4. The van der Waals surface area contributed by atoms with Crippen molar-refractivity contribution in [3.63, 3.8) is 0 Å². The lowest BCUT2D eigenvalue weighted by Crippen LogP contribution is -2.41. The van der Waals surface area contributed by atoms with Gasteiger partial charge in [-0.3, -0.25) is 19.0 Å². The lowest BCUT2D eigenvalue weighted by Gasteiger charge is -2.29. The predicted octanol–water partition coefficient (Wildman–Crippen LogP) is 12.2. The van der Waals surface area contributed by atoms with Gasteiger partial charge < -0.3 is 0 Å². The Morgan fingerprint density at radius 1 is 0.438 bits per heavy atom. The quantitative estimate of drug-likeness (QED) is 0.0518. The third kappa shape index (κ3) is 11.2. The third-order valence-corrected chi connectivity index (χ3v) is 9.91. The number of fused-ring (bicyclic) bond motifs is 1. The summed E-state index contributed by atoms with van der Waals surface area (Å²) in [7, 11) is 9.27. The van der Waals surface area contributed by atoms with Crippen LogP contribution >= 0.6 is 0 Å². The lowest BCUT2D eigenvalue weighted by atomic mass is 10.1. The first kappa shape index (κ1) is 37.2. The summed E-state index contributed by atoms with van der Waals surface area (Å²) in [6, 6.07) is 30.5. The fourth-order valence-corrected chi connectivity index (χ4v) is 6.55. The first-order valence-electron chi connectivity index (χ1n) is 18.7. The first-order valence-corrected chi connectivity index (χ1v) is 18.7. The van der Waals surface area contributed by atoms with Crippen molar-refractivity contribution in [3.05, 3.63) is 96.1 Å². The molecule has 0 radical (unpaired) electrons. The van der Waals surface area contributed by atoms with Gasteiger partial charge in [-0.1, -0.05) is 89.5 Å². The number of rotatable bonds is 20. The van der Waals surface area contributed by atoms with Crippen LogP contribution in [0, 0.1) is 0 Å². The van der Waals surface area contributed by atoms with E-state index in [0.717, 1.165) is 42.2 Å². The molecule has 0 saturated heterocycles. The van der Waals surface area contributed by atoms with Crippen LogP contribution in [0.25, 0.3) is 10.8 Å². The number of hydrogen-bond acceptors (Lipinski definition) is 2. The SMILES string of the molecule is CCCCCCCC[N+](C)(C)c1ccc(C=Nc2cccc3c(N=Cc4ccc([N+](C)(C)CCCCCCCC)cc4)cccc23)cc1. The van der Waals surface area contributed by atoms with E-state index in [1.165, 1.54) is 102 Å². The molecule has 0 bridgehead atoms. The highest BCUT2D eigenvalue weighted by Gasteiger charge is 2.19. The lowest BCUT2D eigenvalue weighted by molar-refractivity contribution is 0.381. The number of nitrogens with zero attached hydrogens (tertiary/aromatic N) is 4. The van der Waals surface area contributed by atoms with Crippen molar-refractivity contribution in [1.82, 2.24) is 8.97 Å². The molecule has 48 heavy (non-hydrogen) atoms. The molecule has 4 rings (SSSR count). The molecular weight excluding hydrogens is 585 g/mol. The highest BCUT2D eigenvalue weighted by Crippen LogP contribution is 2.33. The van der Waals surface area contributed by atoms with Crippen LogP contribution < -0.4 is 8.97 Å². The van der Waals surface area contributed by atoms with Gasteiger partial charge in [0.05, 0.1) is 52.7 Å². The van der Waals surface area contributed by atoms with E-state index in [9.17, 15) is 0 Å². The number of quaternary nitrogens is 2. The van der Waals surface area contributed by atoms with Gasteiger partial charge in [-0.15, -0.1) is 0 Å². The molecular formula is C44H62N4+2. The zero-order valence-electron chi connectivity index (χ0n) is 30.9. The maximum Gasteiger partial charge on any atom is 0.132 e. The largest absolute Gasteiger partial charge is 0.296 e. The van der Waals surface area contributed by atoms with E-state index in [-0.39, 0.29) is 0 Å². The van der Waals surface area contributed by atoms with Crippen molar-refractivity contribution in [2.45, 2.75) is 90.9 Å². The summed E-state index contributed by atoms with van der Waals surface area (Å²) < 4.78 is 1.83. The van der Waals surface area contributed by atoms with Gasteiger partial charge in [-0.2, -0.15) is 0 Å². The van der Waals surface area contributed by atoms with Crippen molar-refractivity contribution in [1.29, 1.82) is 0 Å². The molecule has 0 amide bonds. The van der Waals surface area contributed by atoms with Crippen LogP contribution in [0.5, 0.6) is 0 Å². The Labute approximate surface area is 292 Å². The van der Waals surface area contributed by atoms with Gasteiger partial charge in [0, 0.05) is 23.2 Å². The van der Waals surface area contributed by atoms with Crippen LogP contribution in [-0.4, -0.2) is 53.7 Å². The zero-order valence-corrected chi connectivity index (χ0v) is 30.9. The second kappa shape index (κ2) is 18.8. The van der Waals surface area contributed by atoms with Crippen molar-refractivity contribution in [3.8, 4) is 0 Å². The minimum Gasteiger partial charge on any atom is -0.296 e. The van der Waals surface area contributed by atoms with Gasteiger partial charge in [0.15, 0.2) is 0 Å². The second-order valence-electron chi connectivity index (χ2n) is 14.7. The average molecular weight is 647 g/mol. The summed E-state index contributed by atoms with van der Waals surface area (Å²) in [6.07, 6.45) is 20.0. The molecule has 0 aromatic heterocycles. The predicted molar refractivity (Wildman–Crippen MR) is 215 cm³/mol. The summed E-state index contributed by atoms with van der Waals surface area (Å²) in [4.78, 5) is 9.86. The fraction of sp³-hybridized carbons (Fsp3) is 0.455. The molecule has 0 fully saturated rings. The van der Waals surface area contributed by atoms with E-state index < -0.39 is 0 Å². The number of aliphatic imine (C=N–C) groups is 2. The van der Waals surface area contributed by atoms with Gasteiger partial charge >= 0.3 is 0 Å². The molecule has 4 nitrogen and oxygen atoms in total. The highest BCUT2D eigenvalue weighted by molar-refractivity contribution is 6.02. The Kier molecular flexibility index (Phi) is 14.6. The molecule has 0 heterocycles. The molecule has 0 saturated carbocycles. The minimum atomic E-state index is 0.915. The maximum absolute atomic E-state index is 4.93. The van der Waals surface area contributed by atoms with Crippen molar-refractivity contribution >= 4 is 46.0 Å². The molecule has 4 heteroatoms. The van der Waals surface area contributed by atoms with Crippen LogP contribution in [0.15, 0.2) is 94.9 Å². The van der Waals surface area contributed by atoms with E-state index in [1.54, 1.807) is 0 Å². The molecule has 0 aliphatic rings. The second-order valence-corrected chi connectivity index (χ2v) is 14.7. The Morgan fingerprint density at radius 3 is 1.17 bits per heavy atom. The highest BCUT2D eigenvalue weighted by atomic mass is 15.3. The monoisotopic (exact) mass is 646 g/mol. The molecule has 256 valence electrons. The smallest absolute Gasteiger partial charge is 0.132 e. The number of hydrogen-bond donors (Lipinski definition) is 0. The molecule has 4 aromatic carbocycles. The van der Waals surface area contributed by atoms with Crippen molar-refractivity contribution < 1.29 is 0 Å². The Bertz CT molecular complexity index is 1460. The van der Waals surface area contributed by atoms with E-state index in [2.05, 4.69) is 127 Å². The Balaban J connectivity index is 1.38.